The molecule has 8 heteroatoms. The van der Waals surface area contributed by atoms with Crippen molar-refractivity contribution in [3.63, 3.8) is 0 Å². The number of hydrogen-bond acceptors (Lipinski definition) is 6. The molecule has 0 spiro atoms. The highest BCUT2D eigenvalue weighted by Gasteiger charge is 2.20. The molecule has 29 heavy (non-hydrogen) atoms. The lowest BCUT2D eigenvalue weighted by molar-refractivity contribution is 0.254. The second-order valence-corrected chi connectivity index (χ2v) is 7.02. The highest BCUT2D eigenvalue weighted by Crippen LogP contribution is 2.23. The maximum atomic E-state index is 13.9. The predicted octanol–water partition coefficient (Wildman–Crippen LogP) is 2.43. The predicted molar refractivity (Wildman–Crippen MR) is 107 cm³/mol. The van der Waals surface area contributed by atoms with Crippen LogP contribution in [0.25, 0.3) is 5.69 Å². The topological polar surface area (TPSA) is 73.9 Å². The van der Waals surface area contributed by atoms with Gasteiger partial charge in [0.15, 0.2) is 5.82 Å². The molecule has 2 heterocycles. The molecule has 1 saturated heterocycles. The van der Waals surface area contributed by atoms with E-state index >= 15 is 0 Å². The van der Waals surface area contributed by atoms with Gasteiger partial charge in [-0.3, -0.25) is 4.90 Å². The fraction of sp³-hybridized carbons (Fsp3) is 0.333. The molecule has 0 N–H and O–H groups in total. The van der Waals surface area contributed by atoms with Gasteiger partial charge in [-0.15, -0.1) is 5.10 Å². The maximum Gasteiger partial charge on any atom is 0.156 e. The van der Waals surface area contributed by atoms with Gasteiger partial charge in [-0.2, -0.15) is 9.94 Å². The van der Waals surface area contributed by atoms with Gasteiger partial charge in [0.25, 0.3) is 0 Å². The molecule has 0 unspecified atom stereocenters. The lowest BCUT2D eigenvalue weighted by Crippen LogP contribution is -2.47. The molecular weight excluding hydrogens is 369 g/mol. The second kappa shape index (κ2) is 8.80. The third-order valence-electron chi connectivity index (χ3n) is 5.23. The quantitative estimate of drug-likeness (QED) is 0.643. The summed E-state index contributed by atoms with van der Waals surface area (Å²) in [6.07, 6.45) is 1.75. The summed E-state index contributed by atoms with van der Waals surface area (Å²) in [7, 11) is 0. The van der Waals surface area contributed by atoms with Crippen LogP contribution in [0.5, 0.6) is 0 Å². The number of rotatable bonds is 6. The molecular formula is C21H22FN7. The molecule has 0 amide bonds. The zero-order chi connectivity index (χ0) is 20.1. The van der Waals surface area contributed by atoms with Crippen LogP contribution in [0.1, 0.15) is 17.8 Å². The number of para-hydroxylation sites is 1. The summed E-state index contributed by atoms with van der Waals surface area (Å²) in [5.74, 6) is 0.400. The Morgan fingerprint density at radius 3 is 2.55 bits per heavy atom. The third-order valence-corrected chi connectivity index (χ3v) is 5.23. The van der Waals surface area contributed by atoms with Crippen molar-refractivity contribution in [1.29, 1.82) is 5.26 Å². The van der Waals surface area contributed by atoms with Crippen molar-refractivity contribution >= 4 is 5.69 Å². The van der Waals surface area contributed by atoms with Crippen LogP contribution < -0.4 is 4.90 Å². The highest BCUT2D eigenvalue weighted by atomic mass is 19.1. The Morgan fingerprint density at radius 2 is 1.79 bits per heavy atom. The molecule has 4 rings (SSSR count). The van der Waals surface area contributed by atoms with Crippen LogP contribution in [0.3, 0.4) is 0 Å². The van der Waals surface area contributed by atoms with E-state index in [0.29, 0.717) is 5.69 Å². The second-order valence-electron chi connectivity index (χ2n) is 7.02. The molecule has 1 fully saturated rings. The van der Waals surface area contributed by atoms with Crippen LogP contribution >= 0.6 is 0 Å². The number of aryl methyl sites for hydroxylation is 1. The molecule has 0 saturated carbocycles. The third kappa shape index (κ3) is 4.25. The van der Waals surface area contributed by atoms with Crippen LogP contribution in [0.2, 0.25) is 0 Å². The van der Waals surface area contributed by atoms with Gasteiger partial charge in [0, 0.05) is 32.6 Å². The van der Waals surface area contributed by atoms with Crippen LogP contribution in [-0.4, -0.2) is 57.8 Å². The number of piperazine rings is 1. The molecule has 148 valence electrons. The van der Waals surface area contributed by atoms with Gasteiger partial charge >= 0.3 is 0 Å². The van der Waals surface area contributed by atoms with Crippen LogP contribution in [0.15, 0.2) is 48.5 Å². The molecule has 7 nitrogen and oxygen atoms in total. The molecule has 3 aromatic rings. The van der Waals surface area contributed by atoms with Crippen molar-refractivity contribution in [3.8, 4) is 11.8 Å². The van der Waals surface area contributed by atoms with Gasteiger partial charge in [0.05, 0.1) is 11.4 Å². The van der Waals surface area contributed by atoms with Crippen LogP contribution in [0.4, 0.5) is 10.1 Å². The van der Waals surface area contributed by atoms with Gasteiger partial charge in [-0.05, 0) is 47.7 Å². The Bertz CT molecular complexity index is 988. The van der Waals surface area contributed by atoms with Crippen molar-refractivity contribution < 1.29 is 4.39 Å². The fourth-order valence-electron chi connectivity index (χ4n) is 3.69. The maximum absolute atomic E-state index is 13.9. The Labute approximate surface area is 169 Å². The summed E-state index contributed by atoms with van der Waals surface area (Å²) in [6, 6.07) is 16.7. The largest absolute Gasteiger partial charge is 0.368 e. The summed E-state index contributed by atoms with van der Waals surface area (Å²) in [5, 5.41) is 21.3. The van der Waals surface area contributed by atoms with Gasteiger partial charge in [-0.1, -0.05) is 24.3 Å². The van der Waals surface area contributed by atoms with E-state index in [9.17, 15) is 9.65 Å². The average Bonchev–Trinajstić information content (AvgIpc) is 3.23. The van der Waals surface area contributed by atoms with E-state index in [1.807, 2.05) is 42.5 Å². The number of nitriles is 1. The number of hydrogen-bond donors (Lipinski definition) is 0. The summed E-state index contributed by atoms with van der Waals surface area (Å²) in [5.41, 5.74) is 1.78. The van der Waals surface area contributed by atoms with Crippen molar-refractivity contribution in [2.45, 2.75) is 12.8 Å². The van der Waals surface area contributed by atoms with Crippen molar-refractivity contribution in [2.75, 3.05) is 37.6 Å². The van der Waals surface area contributed by atoms with E-state index in [0.717, 1.165) is 57.1 Å². The number of nitrogens with zero attached hydrogens (tertiary/aromatic N) is 7. The van der Waals surface area contributed by atoms with Crippen molar-refractivity contribution in [3.05, 3.63) is 65.7 Å². The Balaban J connectivity index is 1.29. The smallest absolute Gasteiger partial charge is 0.156 e. The van der Waals surface area contributed by atoms with E-state index in [2.05, 4.69) is 25.3 Å². The summed E-state index contributed by atoms with van der Waals surface area (Å²) < 4.78 is 15.6. The monoisotopic (exact) mass is 391 g/mol. The Morgan fingerprint density at radius 1 is 1.00 bits per heavy atom. The SMILES string of the molecule is N#Cc1c(F)cccc1N1CCN(CCCc2nnnn2-c2ccccc2)CC1. The Hall–Kier alpha value is -3.31. The fourth-order valence-corrected chi connectivity index (χ4v) is 3.69. The first kappa shape index (κ1) is 19.0. The number of halogens is 1. The first-order chi connectivity index (χ1) is 14.3. The molecule has 2 aromatic carbocycles. The minimum absolute atomic E-state index is 0.133. The summed E-state index contributed by atoms with van der Waals surface area (Å²) in [4.78, 5) is 4.48. The summed E-state index contributed by atoms with van der Waals surface area (Å²) in [6.45, 7) is 4.26. The zero-order valence-corrected chi connectivity index (χ0v) is 16.1. The lowest BCUT2D eigenvalue weighted by atomic mass is 10.1. The first-order valence-corrected chi connectivity index (χ1v) is 9.75. The van der Waals surface area contributed by atoms with E-state index in [1.54, 1.807) is 10.7 Å². The number of anilines is 1. The molecule has 0 radical (unpaired) electrons. The number of aromatic nitrogens is 4. The van der Waals surface area contributed by atoms with Crippen LogP contribution in [-0.2, 0) is 6.42 Å². The average molecular weight is 391 g/mol. The van der Waals surface area contributed by atoms with Gasteiger partial charge in [0.1, 0.15) is 17.4 Å². The number of benzene rings is 2. The molecule has 0 atom stereocenters. The van der Waals surface area contributed by atoms with Crippen LogP contribution in [0, 0.1) is 17.1 Å². The van der Waals surface area contributed by atoms with Crippen molar-refractivity contribution in [2.24, 2.45) is 0 Å². The minimum Gasteiger partial charge on any atom is -0.368 e. The van der Waals surface area contributed by atoms with E-state index in [-0.39, 0.29) is 5.56 Å². The molecule has 1 aromatic heterocycles. The van der Waals surface area contributed by atoms with Gasteiger partial charge < -0.3 is 4.90 Å². The highest BCUT2D eigenvalue weighted by molar-refractivity contribution is 5.60. The normalized spacial score (nSPS) is 14.7. The minimum atomic E-state index is -0.455. The van der Waals surface area contributed by atoms with Gasteiger partial charge in [-0.25, -0.2) is 4.39 Å². The van der Waals surface area contributed by atoms with E-state index < -0.39 is 5.82 Å². The van der Waals surface area contributed by atoms with E-state index in [1.165, 1.54) is 6.07 Å². The first-order valence-electron chi connectivity index (χ1n) is 9.75. The summed E-state index contributed by atoms with van der Waals surface area (Å²) >= 11 is 0. The molecule has 1 aliphatic heterocycles. The van der Waals surface area contributed by atoms with Crippen molar-refractivity contribution in [1.82, 2.24) is 25.1 Å². The Kier molecular flexibility index (Phi) is 5.77. The standard InChI is InChI=1S/C21H22FN7/c22-19-8-4-9-20(18(19)16-23)28-14-12-27(13-15-28)11-5-10-21-24-25-26-29(21)17-6-2-1-3-7-17/h1-4,6-9H,5,10-15H2. The number of tetrazole rings is 1. The van der Waals surface area contributed by atoms with Gasteiger partial charge in [0.2, 0.25) is 0 Å². The molecule has 1 aliphatic rings. The zero-order valence-electron chi connectivity index (χ0n) is 16.1. The van der Waals surface area contributed by atoms with E-state index in [4.69, 9.17) is 0 Å². The molecule has 0 aliphatic carbocycles. The lowest BCUT2D eigenvalue weighted by Gasteiger charge is -2.36. The molecule has 0 bridgehead atoms.